The van der Waals surface area contributed by atoms with Crippen LogP contribution in [0.4, 0.5) is 0 Å². The first kappa shape index (κ1) is 29.8. The number of rotatable bonds is 11. The molecule has 1 amide bonds. The molecule has 1 aliphatic carbocycles. The van der Waals surface area contributed by atoms with Crippen molar-refractivity contribution >= 4 is 17.5 Å². The van der Waals surface area contributed by atoms with Crippen molar-refractivity contribution < 1.29 is 24.5 Å². The average molecular weight is 559 g/mol. The third-order valence-corrected chi connectivity index (χ3v) is 8.75. The highest BCUT2D eigenvalue weighted by molar-refractivity contribution is 6.32. The number of hydrogen-bond acceptors (Lipinski definition) is 6. The van der Waals surface area contributed by atoms with Crippen LogP contribution in [0.5, 0.6) is 11.5 Å². The van der Waals surface area contributed by atoms with E-state index in [1.165, 1.54) is 0 Å². The smallest absolute Gasteiger partial charge is 0.225 e. The number of nitrogens with zero attached hydrogens (tertiary/aromatic N) is 1. The van der Waals surface area contributed by atoms with E-state index in [9.17, 15) is 15.0 Å². The van der Waals surface area contributed by atoms with Crippen LogP contribution in [-0.4, -0.2) is 60.0 Å². The minimum absolute atomic E-state index is 0.0207. The lowest BCUT2D eigenvalue weighted by Crippen LogP contribution is -2.49. The molecule has 5 atom stereocenters. The van der Waals surface area contributed by atoms with Crippen molar-refractivity contribution in [3.63, 3.8) is 0 Å². The van der Waals surface area contributed by atoms with Gasteiger partial charge in [0, 0.05) is 50.2 Å². The molecule has 2 aliphatic rings. The van der Waals surface area contributed by atoms with Crippen molar-refractivity contribution in [1.29, 1.82) is 0 Å². The molecule has 1 heterocycles. The lowest BCUT2D eigenvalue weighted by Gasteiger charge is -2.44. The molecule has 2 aromatic carbocycles. The molecule has 0 spiro atoms. The summed E-state index contributed by atoms with van der Waals surface area (Å²) in [6.45, 7) is 3.77. The number of likely N-dealkylation sites (tertiary alicyclic amines) is 1. The maximum atomic E-state index is 13.4. The van der Waals surface area contributed by atoms with E-state index in [4.69, 9.17) is 26.8 Å². The number of amides is 1. The van der Waals surface area contributed by atoms with Crippen molar-refractivity contribution in [2.45, 2.75) is 76.0 Å². The van der Waals surface area contributed by atoms with E-state index in [1.807, 2.05) is 35.2 Å². The SMILES string of the molecule is CCc1cccc(Oc2c(Cl)cccc2[C@](O)(CCCCOC)[C@@H]2CCCN(C(=O)[C@H]3C[C@@H](N)[C@@H](O)C3)C2)c1. The monoisotopic (exact) mass is 558 g/mol. The highest BCUT2D eigenvalue weighted by Gasteiger charge is 2.45. The number of halogens is 1. The number of aliphatic hydroxyl groups excluding tert-OH is 1. The van der Waals surface area contributed by atoms with Gasteiger partial charge < -0.3 is 30.3 Å². The molecule has 4 N–H and O–H groups in total. The Labute approximate surface area is 237 Å². The topological polar surface area (TPSA) is 105 Å². The van der Waals surface area contributed by atoms with Gasteiger partial charge in [-0.15, -0.1) is 0 Å². The summed E-state index contributed by atoms with van der Waals surface area (Å²) in [6.07, 6.45) is 4.72. The summed E-state index contributed by atoms with van der Waals surface area (Å²) in [4.78, 5) is 15.3. The third-order valence-electron chi connectivity index (χ3n) is 8.45. The Morgan fingerprint density at radius 2 is 2.00 bits per heavy atom. The highest BCUT2D eigenvalue weighted by Crippen LogP contribution is 2.47. The maximum Gasteiger partial charge on any atom is 0.225 e. The highest BCUT2D eigenvalue weighted by atomic mass is 35.5. The Kier molecular flexibility index (Phi) is 10.3. The van der Waals surface area contributed by atoms with Gasteiger partial charge in [-0.2, -0.15) is 0 Å². The minimum atomic E-state index is -1.26. The van der Waals surface area contributed by atoms with Gasteiger partial charge in [0.2, 0.25) is 5.91 Å². The Morgan fingerprint density at radius 3 is 2.72 bits per heavy atom. The first-order valence-corrected chi connectivity index (χ1v) is 14.6. The zero-order chi connectivity index (χ0) is 28.0. The first-order chi connectivity index (χ1) is 18.8. The largest absolute Gasteiger partial charge is 0.455 e. The van der Waals surface area contributed by atoms with Gasteiger partial charge in [0.25, 0.3) is 0 Å². The molecule has 7 nitrogen and oxygen atoms in total. The standard InChI is InChI=1S/C31H43ClN2O5/c1-3-21-9-6-11-24(17-21)39-29-25(12-7-13-26(29)32)31(37,14-4-5-16-38-2)23-10-8-15-34(20-23)30(36)22-18-27(33)28(35)19-22/h6-7,9,11-13,17,22-23,27-28,35,37H,3-5,8,10,14-16,18-20,33H2,1-2H3/t22-,23+,27+,28-,31-/m0/s1. The van der Waals surface area contributed by atoms with Crippen LogP contribution in [0.15, 0.2) is 42.5 Å². The lowest BCUT2D eigenvalue weighted by molar-refractivity contribution is -0.141. The quantitative estimate of drug-likeness (QED) is 0.334. The number of unbranched alkanes of at least 4 members (excludes halogenated alkanes) is 1. The first-order valence-electron chi connectivity index (χ1n) is 14.3. The molecular formula is C31H43ClN2O5. The second kappa shape index (κ2) is 13.5. The van der Waals surface area contributed by atoms with Crippen LogP contribution in [-0.2, 0) is 21.6 Å². The normalized spacial score (nSPS) is 24.9. The fourth-order valence-electron chi connectivity index (χ4n) is 6.17. The third kappa shape index (κ3) is 6.95. The number of aryl methyl sites for hydroxylation is 1. The summed E-state index contributed by atoms with van der Waals surface area (Å²) < 4.78 is 11.7. The van der Waals surface area contributed by atoms with Gasteiger partial charge in [0.15, 0.2) is 5.75 Å². The van der Waals surface area contributed by atoms with E-state index in [0.717, 1.165) is 37.7 Å². The number of hydrogen-bond donors (Lipinski definition) is 3. The molecule has 39 heavy (non-hydrogen) atoms. The second-order valence-corrected chi connectivity index (χ2v) is 11.5. The van der Waals surface area contributed by atoms with Crippen LogP contribution in [0, 0.1) is 11.8 Å². The van der Waals surface area contributed by atoms with Crippen LogP contribution < -0.4 is 10.5 Å². The van der Waals surface area contributed by atoms with E-state index in [0.29, 0.717) is 61.0 Å². The Balaban J connectivity index is 1.64. The summed E-state index contributed by atoms with van der Waals surface area (Å²) in [5, 5.41) is 23.1. The fraction of sp³-hybridized carbons (Fsp3) is 0.581. The van der Waals surface area contributed by atoms with Gasteiger partial charge in [-0.05, 0) is 75.1 Å². The summed E-state index contributed by atoms with van der Waals surface area (Å²) in [5.74, 6) is 0.657. The van der Waals surface area contributed by atoms with Crippen molar-refractivity contribution in [2.75, 3.05) is 26.8 Å². The molecule has 4 rings (SSSR count). The number of para-hydroxylation sites is 1. The average Bonchev–Trinajstić information content (AvgIpc) is 3.29. The maximum absolute atomic E-state index is 13.4. The van der Waals surface area contributed by atoms with E-state index >= 15 is 0 Å². The molecule has 0 unspecified atom stereocenters. The molecule has 1 saturated carbocycles. The minimum Gasteiger partial charge on any atom is -0.455 e. The van der Waals surface area contributed by atoms with E-state index in [1.54, 1.807) is 13.2 Å². The molecular weight excluding hydrogens is 516 g/mol. The number of carbonyl (C=O) groups excluding carboxylic acids is 1. The number of carbonyl (C=O) groups is 1. The summed E-state index contributed by atoms with van der Waals surface area (Å²) in [7, 11) is 1.68. The van der Waals surface area contributed by atoms with Gasteiger partial charge in [-0.3, -0.25) is 4.79 Å². The number of piperidine rings is 1. The van der Waals surface area contributed by atoms with Crippen molar-refractivity contribution in [3.8, 4) is 11.5 Å². The number of aliphatic hydroxyl groups is 2. The number of nitrogens with two attached hydrogens (primary N) is 1. The number of benzene rings is 2. The van der Waals surface area contributed by atoms with Gasteiger partial charge in [-0.1, -0.05) is 42.8 Å². The van der Waals surface area contributed by atoms with Crippen LogP contribution in [0.3, 0.4) is 0 Å². The molecule has 0 bridgehead atoms. The Morgan fingerprint density at radius 1 is 1.21 bits per heavy atom. The molecule has 2 aromatic rings. The second-order valence-electron chi connectivity index (χ2n) is 11.1. The molecule has 8 heteroatoms. The van der Waals surface area contributed by atoms with Gasteiger partial charge in [0.05, 0.1) is 16.7 Å². The Hall–Kier alpha value is -2.16. The molecule has 0 radical (unpaired) electrons. The predicted octanol–water partition coefficient (Wildman–Crippen LogP) is 5.04. The molecule has 1 saturated heterocycles. The van der Waals surface area contributed by atoms with Crippen LogP contribution in [0.2, 0.25) is 5.02 Å². The zero-order valence-corrected chi connectivity index (χ0v) is 23.9. The van der Waals surface area contributed by atoms with Crippen molar-refractivity contribution in [2.24, 2.45) is 17.6 Å². The fourth-order valence-corrected chi connectivity index (χ4v) is 6.39. The van der Waals surface area contributed by atoms with Gasteiger partial charge in [0.1, 0.15) is 5.75 Å². The summed E-state index contributed by atoms with van der Waals surface area (Å²) >= 11 is 6.72. The summed E-state index contributed by atoms with van der Waals surface area (Å²) in [5.41, 5.74) is 6.53. The molecule has 2 fully saturated rings. The van der Waals surface area contributed by atoms with E-state index in [2.05, 4.69) is 13.0 Å². The predicted molar refractivity (Wildman–Crippen MR) is 153 cm³/mol. The van der Waals surface area contributed by atoms with Gasteiger partial charge >= 0.3 is 0 Å². The summed E-state index contributed by atoms with van der Waals surface area (Å²) in [6, 6.07) is 13.1. The van der Waals surface area contributed by atoms with Crippen molar-refractivity contribution in [1.82, 2.24) is 4.90 Å². The van der Waals surface area contributed by atoms with Gasteiger partial charge in [-0.25, -0.2) is 0 Å². The van der Waals surface area contributed by atoms with E-state index in [-0.39, 0.29) is 23.8 Å². The Bertz CT molecular complexity index is 1100. The molecule has 1 aliphatic heterocycles. The lowest BCUT2D eigenvalue weighted by atomic mass is 9.73. The molecule has 0 aromatic heterocycles. The number of ether oxygens (including phenoxy) is 2. The van der Waals surface area contributed by atoms with Crippen LogP contribution in [0.1, 0.15) is 63.0 Å². The van der Waals surface area contributed by atoms with Crippen LogP contribution in [0.25, 0.3) is 0 Å². The molecule has 214 valence electrons. The van der Waals surface area contributed by atoms with Crippen molar-refractivity contribution in [3.05, 3.63) is 58.6 Å². The van der Waals surface area contributed by atoms with E-state index < -0.39 is 11.7 Å². The number of methoxy groups -OCH3 is 1. The van der Waals surface area contributed by atoms with Crippen LogP contribution >= 0.6 is 11.6 Å². The zero-order valence-electron chi connectivity index (χ0n) is 23.2.